The molecule has 3 rings (SSSR count). The van der Waals surface area contributed by atoms with E-state index < -0.39 is 11.9 Å². The highest BCUT2D eigenvalue weighted by molar-refractivity contribution is 7.80. The molecule has 0 unspecified atom stereocenters. The van der Waals surface area contributed by atoms with Crippen LogP contribution >= 0.6 is 12.2 Å². The molecule has 0 aromatic heterocycles. The summed E-state index contributed by atoms with van der Waals surface area (Å²) in [5, 5.41) is 5.66. The van der Waals surface area contributed by atoms with Crippen molar-refractivity contribution in [2.24, 2.45) is 0 Å². The molecule has 7 nitrogen and oxygen atoms in total. The van der Waals surface area contributed by atoms with Gasteiger partial charge < -0.3 is 15.0 Å². The van der Waals surface area contributed by atoms with E-state index in [-0.39, 0.29) is 11.0 Å². The zero-order valence-corrected chi connectivity index (χ0v) is 18.2. The number of rotatable bonds is 4. The number of amides is 2. The van der Waals surface area contributed by atoms with E-state index in [0.29, 0.717) is 22.4 Å². The molecule has 0 bridgehead atoms. The minimum Gasteiger partial charge on any atom is -0.465 e. The number of anilines is 1. The number of likely N-dealkylation sites (tertiary alicyclic amines) is 1. The summed E-state index contributed by atoms with van der Waals surface area (Å²) in [5.41, 5.74) is 2.01. The summed E-state index contributed by atoms with van der Waals surface area (Å²) >= 11 is 5.21. The molecule has 162 valence electrons. The quantitative estimate of drug-likeness (QED) is 0.559. The van der Waals surface area contributed by atoms with Crippen molar-refractivity contribution in [2.75, 3.05) is 25.5 Å². The second-order valence-corrected chi connectivity index (χ2v) is 7.67. The molecule has 2 N–H and O–H groups in total. The highest BCUT2D eigenvalue weighted by atomic mass is 32.1. The number of hydrogen-bond acceptors (Lipinski definition) is 5. The number of carbonyl (C=O) groups excluding carboxylic acids is 3. The van der Waals surface area contributed by atoms with Gasteiger partial charge in [0.05, 0.1) is 12.7 Å². The number of hydrogen-bond donors (Lipinski definition) is 2. The number of carbonyl (C=O) groups is 3. The summed E-state index contributed by atoms with van der Waals surface area (Å²) in [7, 11) is 1.30. The maximum Gasteiger partial charge on any atom is 0.337 e. The average molecular weight is 440 g/mol. The predicted octanol–water partition coefficient (Wildman–Crippen LogP) is 3.62. The van der Waals surface area contributed by atoms with Crippen molar-refractivity contribution >= 4 is 40.8 Å². The maximum absolute atomic E-state index is 12.7. The lowest BCUT2D eigenvalue weighted by atomic mass is 10.1. The lowest BCUT2D eigenvalue weighted by Crippen LogP contribution is -2.34. The topological polar surface area (TPSA) is 87.7 Å². The number of esters is 1. The van der Waals surface area contributed by atoms with Gasteiger partial charge in [0.25, 0.3) is 11.8 Å². The van der Waals surface area contributed by atoms with Crippen molar-refractivity contribution in [1.29, 1.82) is 0 Å². The summed E-state index contributed by atoms with van der Waals surface area (Å²) in [6.07, 6.45) is 4.44. The Balaban J connectivity index is 1.54. The molecule has 1 heterocycles. The molecule has 31 heavy (non-hydrogen) atoms. The van der Waals surface area contributed by atoms with Gasteiger partial charge in [-0.2, -0.15) is 0 Å². The Bertz CT molecular complexity index is 950. The van der Waals surface area contributed by atoms with E-state index >= 15 is 0 Å². The van der Waals surface area contributed by atoms with Gasteiger partial charge in [-0.05, 0) is 73.6 Å². The van der Waals surface area contributed by atoms with Crippen LogP contribution in [0.4, 0.5) is 5.69 Å². The van der Waals surface area contributed by atoms with Gasteiger partial charge in [-0.3, -0.25) is 14.9 Å². The minimum atomic E-state index is -0.470. The molecule has 0 atom stereocenters. The summed E-state index contributed by atoms with van der Waals surface area (Å²) < 4.78 is 4.64. The molecule has 0 radical (unpaired) electrons. The fourth-order valence-electron chi connectivity index (χ4n) is 3.37. The van der Waals surface area contributed by atoms with Crippen molar-refractivity contribution < 1.29 is 19.1 Å². The van der Waals surface area contributed by atoms with Crippen LogP contribution in [0.3, 0.4) is 0 Å². The summed E-state index contributed by atoms with van der Waals surface area (Å²) in [6, 6.07) is 13.1. The standard InChI is InChI=1S/C23H25N3O4S/c1-30-22(29)18-8-6-16(7-9-18)20(27)25-23(31)24-19-12-10-17(11-13-19)21(28)26-14-4-2-3-5-15-26/h6-13H,2-5,14-15H2,1H3,(H2,24,25,27,31). The number of ether oxygens (including phenoxy) is 1. The molecule has 1 aliphatic heterocycles. The fourth-order valence-corrected chi connectivity index (χ4v) is 3.58. The average Bonchev–Trinajstić information content (AvgIpc) is 3.08. The van der Waals surface area contributed by atoms with E-state index in [1.807, 2.05) is 4.90 Å². The van der Waals surface area contributed by atoms with Gasteiger partial charge in [0.1, 0.15) is 0 Å². The van der Waals surface area contributed by atoms with Crippen LogP contribution in [-0.4, -0.2) is 48.0 Å². The molecule has 8 heteroatoms. The molecule has 0 saturated carbocycles. The van der Waals surface area contributed by atoms with Crippen molar-refractivity contribution in [3.05, 3.63) is 65.2 Å². The molecule has 2 aromatic rings. The van der Waals surface area contributed by atoms with Gasteiger partial charge in [-0.25, -0.2) is 4.79 Å². The van der Waals surface area contributed by atoms with E-state index in [0.717, 1.165) is 25.9 Å². The van der Waals surface area contributed by atoms with Crippen LogP contribution in [0.15, 0.2) is 48.5 Å². The zero-order chi connectivity index (χ0) is 22.2. The van der Waals surface area contributed by atoms with E-state index in [9.17, 15) is 14.4 Å². The third-order valence-electron chi connectivity index (χ3n) is 5.08. The van der Waals surface area contributed by atoms with Gasteiger partial charge in [0.2, 0.25) is 0 Å². The van der Waals surface area contributed by atoms with Crippen LogP contribution < -0.4 is 10.6 Å². The Morgan fingerprint density at radius 2 is 1.39 bits per heavy atom. The largest absolute Gasteiger partial charge is 0.465 e. The monoisotopic (exact) mass is 439 g/mol. The second kappa shape index (κ2) is 10.7. The molecule has 1 saturated heterocycles. The number of methoxy groups -OCH3 is 1. The van der Waals surface area contributed by atoms with Gasteiger partial charge in [-0.15, -0.1) is 0 Å². The van der Waals surface area contributed by atoms with Crippen molar-refractivity contribution in [3.63, 3.8) is 0 Å². The second-order valence-electron chi connectivity index (χ2n) is 7.26. The maximum atomic E-state index is 12.7. The summed E-state index contributed by atoms with van der Waals surface area (Å²) in [4.78, 5) is 38.4. The number of thiocarbonyl (C=S) groups is 1. The SMILES string of the molecule is COC(=O)c1ccc(C(=O)NC(=S)Nc2ccc(C(=O)N3CCCCCC3)cc2)cc1. The predicted molar refractivity (Wildman–Crippen MR) is 122 cm³/mol. The van der Waals surface area contributed by atoms with Crippen LogP contribution in [-0.2, 0) is 4.74 Å². The Hall–Kier alpha value is -3.26. The number of benzene rings is 2. The van der Waals surface area contributed by atoms with Crippen LogP contribution in [0.1, 0.15) is 56.8 Å². The van der Waals surface area contributed by atoms with Gasteiger partial charge in [0, 0.05) is 29.9 Å². The molecular formula is C23H25N3O4S. The fraction of sp³-hybridized carbons (Fsp3) is 0.304. The molecule has 2 amide bonds. The Labute approximate surface area is 186 Å². The van der Waals surface area contributed by atoms with E-state index in [2.05, 4.69) is 15.4 Å². The van der Waals surface area contributed by atoms with E-state index in [1.54, 1.807) is 24.3 Å². The minimum absolute atomic E-state index is 0.0414. The molecular weight excluding hydrogens is 414 g/mol. The van der Waals surface area contributed by atoms with Crippen LogP contribution in [0.25, 0.3) is 0 Å². The normalized spacial score (nSPS) is 13.6. The summed E-state index contributed by atoms with van der Waals surface area (Å²) in [6.45, 7) is 1.60. The smallest absolute Gasteiger partial charge is 0.337 e. The molecule has 0 spiro atoms. The lowest BCUT2D eigenvalue weighted by molar-refractivity contribution is 0.0600. The first-order valence-corrected chi connectivity index (χ1v) is 10.6. The molecule has 2 aromatic carbocycles. The molecule has 1 fully saturated rings. The third kappa shape index (κ3) is 6.11. The zero-order valence-electron chi connectivity index (χ0n) is 17.3. The van der Waals surface area contributed by atoms with E-state index in [1.165, 1.54) is 44.2 Å². The van der Waals surface area contributed by atoms with E-state index in [4.69, 9.17) is 12.2 Å². The van der Waals surface area contributed by atoms with Crippen LogP contribution in [0.2, 0.25) is 0 Å². The Kier molecular flexibility index (Phi) is 7.72. The van der Waals surface area contributed by atoms with Crippen molar-refractivity contribution in [1.82, 2.24) is 10.2 Å². The first-order valence-electron chi connectivity index (χ1n) is 10.2. The lowest BCUT2D eigenvalue weighted by Gasteiger charge is -2.20. The molecule has 0 aliphatic carbocycles. The third-order valence-corrected chi connectivity index (χ3v) is 5.28. The first kappa shape index (κ1) is 22.4. The van der Waals surface area contributed by atoms with Crippen molar-refractivity contribution in [2.45, 2.75) is 25.7 Å². The Morgan fingerprint density at radius 3 is 1.97 bits per heavy atom. The first-order chi connectivity index (χ1) is 15.0. The summed E-state index contributed by atoms with van der Waals surface area (Å²) in [5.74, 6) is -0.830. The van der Waals surface area contributed by atoms with Gasteiger partial charge >= 0.3 is 5.97 Å². The van der Waals surface area contributed by atoms with Crippen molar-refractivity contribution in [3.8, 4) is 0 Å². The highest BCUT2D eigenvalue weighted by Gasteiger charge is 2.17. The van der Waals surface area contributed by atoms with Gasteiger partial charge in [-0.1, -0.05) is 12.8 Å². The molecule has 1 aliphatic rings. The van der Waals surface area contributed by atoms with Crippen LogP contribution in [0.5, 0.6) is 0 Å². The van der Waals surface area contributed by atoms with Gasteiger partial charge in [0.15, 0.2) is 5.11 Å². The number of nitrogens with zero attached hydrogens (tertiary/aromatic N) is 1. The Morgan fingerprint density at radius 1 is 0.839 bits per heavy atom. The number of nitrogens with one attached hydrogen (secondary N) is 2. The van der Waals surface area contributed by atoms with Crippen LogP contribution in [0, 0.1) is 0 Å². The highest BCUT2D eigenvalue weighted by Crippen LogP contribution is 2.16.